The van der Waals surface area contributed by atoms with E-state index >= 15 is 0 Å². The smallest absolute Gasteiger partial charge is 0.352 e. The maximum atomic E-state index is 12.3. The highest BCUT2D eigenvalue weighted by atomic mass is 31.2. The fraction of sp³-hybridized carbons (Fsp3) is 0.741. The van der Waals surface area contributed by atoms with Gasteiger partial charge in [-0.25, -0.2) is 0 Å². The van der Waals surface area contributed by atoms with E-state index in [1.165, 1.54) is 77.0 Å². The number of hydrogen-bond donors (Lipinski definition) is 3. The van der Waals surface area contributed by atoms with Gasteiger partial charge in [0.05, 0.1) is 6.61 Å². The van der Waals surface area contributed by atoms with E-state index in [0.29, 0.717) is 17.9 Å². The summed E-state index contributed by atoms with van der Waals surface area (Å²) in [6.07, 6.45) is 19.1. The fourth-order valence-corrected chi connectivity index (χ4v) is 5.03. The number of hydrogen-bond acceptors (Lipinski definition) is 3. The number of unbranched alkanes of at least 4 members (excludes halogenated alkanes) is 14. The predicted molar refractivity (Wildman–Crippen MR) is 140 cm³/mol. The lowest BCUT2D eigenvalue weighted by Crippen LogP contribution is -2.28. The summed E-state index contributed by atoms with van der Waals surface area (Å²) in [5.74, 6) is -1.02. The average molecular weight is 498 g/mol. The van der Waals surface area contributed by atoms with Crippen molar-refractivity contribution in [1.29, 1.82) is 0 Å². The van der Waals surface area contributed by atoms with Gasteiger partial charge in [0.1, 0.15) is 5.75 Å². The van der Waals surface area contributed by atoms with E-state index in [1.54, 1.807) is 24.3 Å². The quantitative estimate of drug-likeness (QED) is 0.120. The Morgan fingerprint density at radius 2 is 1.24 bits per heavy atom. The van der Waals surface area contributed by atoms with Crippen molar-refractivity contribution in [2.75, 3.05) is 6.61 Å². The third-order valence-corrected chi connectivity index (χ3v) is 7.25. The first kappa shape index (κ1) is 30.7. The van der Waals surface area contributed by atoms with Crippen LogP contribution >= 0.6 is 7.60 Å². The summed E-state index contributed by atoms with van der Waals surface area (Å²) in [6, 6.07) is 6.48. The van der Waals surface area contributed by atoms with Crippen molar-refractivity contribution < 1.29 is 23.9 Å². The molecule has 1 rings (SSSR count). The number of rotatable bonds is 21. The lowest BCUT2D eigenvalue weighted by atomic mass is 10.0. The topological polar surface area (TPSA) is 95.9 Å². The molecule has 0 heterocycles. The third-order valence-electron chi connectivity index (χ3n) is 6.15. The van der Waals surface area contributed by atoms with Crippen LogP contribution in [0.2, 0.25) is 0 Å². The largest absolute Gasteiger partial charge is 0.494 e. The van der Waals surface area contributed by atoms with Crippen LogP contribution in [0.25, 0.3) is 0 Å². The highest BCUT2D eigenvalue weighted by molar-refractivity contribution is 7.52. The summed E-state index contributed by atoms with van der Waals surface area (Å²) in [4.78, 5) is 31.7. The van der Waals surface area contributed by atoms with Crippen molar-refractivity contribution >= 4 is 13.5 Å². The minimum Gasteiger partial charge on any atom is -0.494 e. The molecule has 1 amide bonds. The Balaban J connectivity index is 2.12. The van der Waals surface area contributed by atoms with Gasteiger partial charge < -0.3 is 19.8 Å². The van der Waals surface area contributed by atoms with E-state index in [2.05, 4.69) is 12.2 Å². The molecule has 6 nitrogen and oxygen atoms in total. The molecule has 0 aliphatic rings. The number of carbonyl (C=O) groups excluding carboxylic acids is 1. The SMILES string of the molecule is CCCCCCCCCCCCCCCCCC(=O)NC(c1ccc(OCC)cc1)P(=O)(O)O. The molecule has 0 aliphatic carbocycles. The molecule has 0 aliphatic heterocycles. The van der Waals surface area contributed by atoms with E-state index in [1.807, 2.05) is 6.92 Å². The van der Waals surface area contributed by atoms with Crippen molar-refractivity contribution in [2.45, 2.75) is 122 Å². The average Bonchev–Trinajstić information content (AvgIpc) is 2.80. The maximum Gasteiger partial charge on any atom is 0.352 e. The number of nitrogens with one attached hydrogen (secondary N) is 1. The van der Waals surface area contributed by atoms with Gasteiger partial charge in [-0.2, -0.15) is 0 Å². The van der Waals surface area contributed by atoms with Crippen LogP contribution in [-0.2, 0) is 9.36 Å². The standard InChI is InChI=1S/C27H48NO5P/c1-3-5-6-7-8-9-10-11-12-13-14-15-16-17-18-19-26(29)28-27(34(30,31)32)24-20-22-25(23-21-24)33-4-2/h20-23,27H,3-19H2,1-2H3,(H,28,29)(H2,30,31,32). The molecule has 34 heavy (non-hydrogen) atoms. The van der Waals surface area contributed by atoms with Crippen LogP contribution < -0.4 is 10.1 Å². The number of benzene rings is 1. The van der Waals surface area contributed by atoms with Crippen molar-refractivity contribution in [1.82, 2.24) is 5.32 Å². The Kier molecular flexibility index (Phi) is 17.1. The third kappa shape index (κ3) is 14.8. The van der Waals surface area contributed by atoms with Crippen LogP contribution in [-0.4, -0.2) is 22.3 Å². The Morgan fingerprint density at radius 3 is 1.65 bits per heavy atom. The van der Waals surface area contributed by atoms with Crippen LogP contribution in [0.3, 0.4) is 0 Å². The normalized spacial score (nSPS) is 12.5. The zero-order valence-corrected chi connectivity index (χ0v) is 22.4. The molecule has 1 atom stereocenters. The van der Waals surface area contributed by atoms with E-state index < -0.39 is 13.4 Å². The second-order valence-corrected chi connectivity index (χ2v) is 11.0. The molecule has 0 saturated carbocycles. The summed E-state index contributed by atoms with van der Waals surface area (Å²) in [6.45, 7) is 4.63. The Bertz CT molecular complexity index is 689. The molecule has 0 bridgehead atoms. The lowest BCUT2D eigenvalue weighted by Gasteiger charge is -2.20. The van der Waals surface area contributed by atoms with Gasteiger partial charge in [0, 0.05) is 6.42 Å². The van der Waals surface area contributed by atoms with Gasteiger partial charge in [0.25, 0.3) is 0 Å². The Morgan fingerprint density at radius 1 is 0.794 bits per heavy atom. The van der Waals surface area contributed by atoms with Crippen molar-refractivity contribution in [3.8, 4) is 5.75 Å². The first-order chi connectivity index (χ1) is 16.4. The maximum absolute atomic E-state index is 12.3. The van der Waals surface area contributed by atoms with Crippen molar-refractivity contribution in [3.05, 3.63) is 29.8 Å². The summed E-state index contributed by atoms with van der Waals surface area (Å²) in [5.41, 5.74) is 0.377. The first-order valence-electron chi connectivity index (χ1n) is 13.5. The summed E-state index contributed by atoms with van der Waals surface area (Å²) in [5, 5.41) is 2.53. The highest BCUT2D eigenvalue weighted by Crippen LogP contribution is 2.50. The molecular formula is C27H48NO5P. The van der Waals surface area contributed by atoms with Crippen LogP contribution in [0.5, 0.6) is 5.75 Å². The van der Waals surface area contributed by atoms with Crippen LogP contribution in [0.1, 0.15) is 128 Å². The molecule has 7 heteroatoms. The molecule has 196 valence electrons. The van der Waals surface area contributed by atoms with Crippen LogP contribution in [0.15, 0.2) is 24.3 Å². The van der Waals surface area contributed by atoms with Gasteiger partial charge in [0.15, 0.2) is 5.78 Å². The van der Waals surface area contributed by atoms with Gasteiger partial charge >= 0.3 is 7.60 Å². The minimum atomic E-state index is -4.53. The Hall–Kier alpha value is -1.36. The monoisotopic (exact) mass is 497 g/mol. The molecule has 3 N–H and O–H groups in total. The minimum absolute atomic E-state index is 0.284. The van der Waals surface area contributed by atoms with Gasteiger partial charge in [-0.05, 0) is 31.0 Å². The summed E-state index contributed by atoms with van der Waals surface area (Å²) in [7, 11) is -4.53. The lowest BCUT2D eigenvalue weighted by molar-refractivity contribution is -0.121. The molecule has 1 aromatic rings. The molecule has 0 fully saturated rings. The number of ether oxygens (including phenoxy) is 1. The fourth-order valence-electron chi connectivity index (χ4n) is 4.16. The second-order valence-electron chi connectivity index (χ2n) is 9.26. The van der Waals surface area contributed by atoms with Crippen molar-refractivity contribution in [3.63, 3.8) is 0 Å². The highest BCUT2D eigenvalue weighted by Gasteiger charge is 2.31. The van der Waals surface area contributed by atoms with E-state index in [-0.39, 0.29) is 12.3 Å². The van der Waals surface area contributed by atoms with Crippen LogP contribution in [0, 0.1) is 0 Å². The summed E-state index contributed by atoms with van der Waals surface area (Å²) >= 11 is 0. The Labute approximate surface area is 207 Å². The zero-order chi connectivity index (χ0) is 25.1. The predicted octanol–water partition coefficient (Wildman–Crippen LogP) is 7.64. The van der Waals surface area contributed by atoms with E-state index in [4.69, 9.17) is 4.74 Å². The summed E-state index contributed by atoms with van der Waals surface area (Å²) < 4.78 is 17.3. The number of carbonyl (C=O) groups is 1. The van der Waals surface area contributed by atoms with Crippen LogP contribution in [0.4, 0.5) is 0 Å². The number of amides is 1. The van der Waals surface area contributed by atoms with Gasteiger partial charge in [-0.3, -0.25) is 9.36 Å². The van der Waals surface area contributed by atoms with Gasteiger partial charge in [0.2, 0.25) is 5.91 Å². The molecule has 0 aromatic heterocycles. The van der Waals surface area contributed by atoms with Crippen molar-refractivity contribution in [2.24, 2.45) is 0 Å². The molecular weight excluding hydrogens is 449 g/mol. The zero-order valence-electron chi connectivity index (χ0n) is 21.5. The van der Waals surface area contributed by atoms with Gasteiger partial charge in [-0.15, -0.1) is 0 Å². The first-order valence-corrected chi connectivity index (χ1v) is 15.1. The molecule has 1 unspecified atom stereocenters. The van der Waals surface area contributed by atoms with Gasteiger partial charge in [-0.1, -0.05) is 109 Å². The molecule has 1 aromatic carbocycles. The second kappa shape index (κ2) is 18.9. The molecule has 0 spiro atoms. The molecule has 0 saturated heterocycles. The van der Waals surface area contributed by atoms with E-state index in [9.17, 15) is 19.1 Å². The van der Waals surface area contributed by atoms with E-state index in [0.717, 1.165) is 19.3 Å². The molecule has 0 radical (unpaired) electrons.